The van der Waals surface area contributed by atoms with Gasteiger partial charge in [0, 0.05) is 38.3 Å². The predicted octanol–water partition coefficient (Wildman–Crippen LogP) is 0.640. The van der Waals surface area contributed by atoms with Crippen LogP contribution in [0.5, 0.6) is 17.2 Å². The number of rotatable bonds is 5. The third-order valence-electron chi connectivity index (χ3n) is 3.15. The fourth-order valence-electron chi connectivity index (χ4n) is 2.12. The van der Waals surface area contributed by atoms with Gasteiger partial charge in [0.15, 0.2) is 11.5 Å². The van der Waals surface area contributed by atoms with Crippen molar-refractivity contribution in [3.8, 4) is 17.2 Å². The highest BCUT2D eigenvalue weighted by molar-refractivity contribution is 7.82. The minimum absolute atomic E-state index is 0.510. The van der Waals surface area contributed by atoms with Crippen LogP contribution in [0.2, 0.25) is 0 Å². The lowest BCUT2D eigenvalue weighted by molar-refractivity contribution is 0.322. The quantitative estimate of drug-likeness (QED) is 0.865. The van der Waals surface area contributed by atoms with Crippen molar-refractivity contribution >= 4 is 11.0 Å². The van der Waals surface area contributed by atoms with E-state index in [0.717, 1.165) is 26.2 Å². The molecule has 1 aromatic rings. The Morgan fingerprint density at radius 1 is 1.05 bits per heavy atom. The smallest absolute Gasteiger partial charge is 0.203 e. The van der Waals surface area contributed by atoms with E-state index in [1.807, 2.05) is 4.31 Å². The van der Waals surface area contributed by atoms with Crippen LogP contribution in [0.1, 0.15) is 0 Å². The van der Waals surface area contributed by atoms with Gasteiger partial charge in [0.2, 0.25) is 5.75 Å². The summed E-state index contributed by atoms with van der Waals surface area (Å²) >= 11 is 0. The molecule has 1 aliphatic rings. The molecule has 1 saturated heterocycles. The first-order valence-electron chi connectivity index (χ1n) is 6.38. The number of hydrogen-bond donors (Lipinski definition) is 1. The number of benzene rings is 1. The number of nitrogens with one attached hydrogen (secondary N) is 1. The summed E-state index contributed by atoms with van der Waals surface area (Å²) in [7, 11) is 3.42. The van der Waals surface area contributed by atoms with Gasteiger partial charge in [-0.1, -0.05) is 0 Å². The molecule has 0 spiro atoms. The molecule has 7 heteroatoms. The van der Waals surface area contributed by atoms with Crippen LogP contribution in [0, 0.1) is 0 Å². The molecule has 112 valence electrons. The Morgan fingerprint density at radius 2 is 1.60 bits per heavy atom. The maximum atomic E-state index is 12.6. The van der Waals surface area contributed by atoms with Crippen LogP contribution in [-0.2, 0) is 11.0 Å². The molecule has 1 heterocycles. The Hall–Kier alpha value is -1.31. The highest BCUT2D eigenvalue weighted by atomic mass is 32.2. The van der Waals surface area contributed by atoms with E-state index in [9.17, 15) is 4.21 Å². The minimum atomic E-state index is -1.23. The van der Waals surface area contributed by atoms with Gasteiger partial charge in [-0.25, -0.2) is 8.51 Å². The molecule has 0 radical (unpaired) electrons. The second kappa shape index (κ2) is 6.92. The fraction of sp³-hybridized carbons (Fsp3) is 0.538. The highest BCUT2D eigenvalue weighted by Gasteiger charge is 2.21. The van der Waals surface area contributed by atoms with Crippen molar-refractivity contribution < 1.29 is 18.4 Å². The fourth-order valence-corrected chi connectivity index (χ4v) is 3.35. The van der Waals surface area contributed by atoms with Gasteiger partial charge >= 0.3 is 0 Å². The van der Waals surface area contributed by atoms with E-state index < -0.39 is 11.0 Å². The van der Waals surface area contributed by atoms with Gasteiger partial charge in [0.1, 0.15) is 11.0 Å². The zero-order valence-electron chi connectivity index (χ0n) is 12.0. The maximum Gasteiger partial charge on any atom is 0.203 e. The molecule has 0 amide bonds. The monoisotopic (exact) mass is 300 g/mol. The van der Waals surface area contributed by atoms with E-state index in [0.29, 0.717) is 22.1 Å². The summed E-state index contributed by atoms with van der Waals surface area (Å²) in [6, 6.07) is 3.47. The summed E-state index contributed by atoms with van der Waals surface area (Å²) in [6.07, 6.45) is 0. The summed E-state index contributed by atoms with van der Waals surface area (Å²) < 4.78 is 30.4. The van der Waals surface area contributed by atoms with Crippen LogP contribution in [0.25, 0.3) is 0 Å². The zero-order valence-corrected chi connectivity index (χ0v) is 12.8. The molecule has 20 heavy (non-hydrogen) atoms. The third-order valence-corrected chi connectivity index (χ3v) is 4.62. The van der Waals surface area contributed by atoms with Crippen LogP contribution in [0.3, 0.4) is 0 Å². The lowest BCUT2D eigenvalue weighted by Gasteiger charge is -2.26. The van der Waals surface area contributed by atoms with Crippen molar-refractivity contribution in [3.63, 3.8) is 0 Å². The summed E-state index contributed by atoms with van der Waals surface area (Å²) in [5.41, 5.74) is 0. The molecule has 0 saturated carbocycles. The zero-order chi connectivity index (χ0) is 14.5. The molecule has 0 aromatic heterocycles. The van der Waals surface area contributed by atoms with Crippen molar-refractivity contribution in [2.24, 2.45) is 0 Å². The molecule has 1 aliphatic heterocycles. The number of hydrogen-bond acceptors (Lipinski definition) is 5. The van der Waals surface area contributed by atoms with Gasteiger partial charge in [-0.05, 0) is 0 Å². The standard InChI is InChI=1S/C13H20N2O4S/c1-17-11-8-10(9-12(18-2)13(11)19-3)20(16)15-6-4-14-5-7-15/h8-9,14H,4-7H2,1-3H3. The Kier molecular flexibility index (Phi) is 5.22. The molecule has 6 nitrogen and oxygen atoms in total. The molecular weight excluding hydrogens is 280 g/mol. The predicted molar refractivity (Wildman–Crippen MR) is 76.9 cm³/mol. The van der Waals surface area contributed by atoms with Crippen molar-refractivity contribution in [2.75, 3.05) is 47.5 Å². The molecule has 1 unspecified atom stereocenters. The molecule has 1 aromatic carbocycles. The van der Waals surface area contributed by atoms with E-state index in [4.69, 9.17) is 14.2 Å². The summed E-state index contributed by atoms with van der Waals surface area (Å²) in [4.78, 5) is 0.654. The molecule has 1 fully saturated rings. The van der Waals surface area contributed by atoms with Crippen molar-refractivity contribution in [2.45, 2.75) is 4.90 Å². The Morgan fingerprint density at radius 3 is 2.05 bits per heavy atom. The number of ether oxygens (including phenoxy) is 3. The molecule has 0 aliphatic carbocycles. The average Bonchev–Trinajstić information content (AvgIpc) is 2.53. The Labute approximate surface area is 121 Å². The Balaban J connectivity index is 2.33. The highest BCUT2D eigenvalue weighted by Crippen LogP contribution is 2.39. The Bertz CT molecular complexity index is 464. The number of nitrogens with zero attached hydrogens (tertiary/aromatic N) is 1. The van der Waals surface area contributed by atoms with Crippen LogP contribution >= 0.6 is 0 Å². The average molecular weight is 300 g/mol. The van der Waals surface area contributed by atoms with Gasteiger partial charge in [-0.2, -0.15) is 0 Å². The molecular formula is C13H20N2O4S. The van der Waals surface area contributed by atoms with E-state index in [-0.39, 0.29) is 0 Å². The van der Waals surface area contributed by atoms with Crippen LogP contribution in [-0.4, -0.2) is 56.0 Å². The summed E-state index contributed by atoms with van der Waals surface area (Å²) in [5.74, 6) is 1.55. The molecule has 0 bridgehead atoms. The largest absolute Gasteiger partial charge is 0.493 e. The maximum absolute atomic E-state index is 12.6. The number of methoxy groups -OCH3 is 3. The normalized spacial score (nSPS) is 17.6. The molecule has 1 N–H and O–H groups in total. The first-order chi connectivity index (χ1) is 9.71. The van der Waals surface area contributed by atoms with Gasteiger partial charge in [0.05, 0.1) is 26.2 Å². The van der Waals surface area contributed by atoms with Crippen molar-refractivity contribution in [3.05, 3.63) is 12.1 Å². The SMILES string of the molecule is COc1cc(S(=O)N2CCNCC2)cc(OC)c1OC. The van der Waals surface area contributed by atoms with Crippen LogP contribution in [0.4, 0.5) is 0 Å². The van der Waals surface area contributed by atoms with Crippen molar-refractivity contribution in [1.29, 1.82) is 0 Å². The van der Waals surface area contributed by atoms with E-state index >= 15 is 0 Å². The number of piperazine rings is 1. The molecule has 2 rings (SSSR count). The van der Waals surface area contributed by atoms with Gasteiger partial charge in [-0.3, -0.25) is 0 Å². The first kappa shape index (κ1) is 15.1. The van der Waals surface area contributed by atoms with Crippen LogP contribution < -0.4 is 19.5 Å². The summed E-state index contributed by atoms with van der Waals surface area (Å²) in [5, 5.41) is 3.24. The van der Waals surface area contributed by atoms with Gasteiger partial charge < -0.3 is 19.5 Å². The second-order valence-corrected chi connectivity index (χ2v) is 5.78. The first-order valence-corrected chi connectivity index (χ1v) is 7.49. The molecule has 1 atom stereocenters. The van der Waals surface area contributed by atoms with E-state index in [1.165, 1.54) is 0 Å². The third kappa shape index (κ3) is 3.05. The van der Waals surface area contributed by atoms with Crippen LogP contribution in [0.15, 0.2) is 17.0 Å². The lowest BCUT2D eigenvalue weighted by atomic mass is 10.3. The van der Waals surface area contributed by atoms with E-state index in [2.05, 4.69) is 5.32 Å². The van der Waals surface area contributed by atoms with Gasteiger partial charge in [0.25, 0.3) is 0 Å². The lowest BCUT2D eigenvalue weighted by Crippen LogP contribution is -2.44. The van der Waals surface area contributed by atoms with Crippen molar-refractivity contribution in [1.82, 2.24) is 9.62 Å². The minimum Gasteiger partial charge on any atom is -0.493 e. The summed E-state index contributed by atoms with van der Waals surface area (Å²) in [6.45, 7) is 3.19. The topological polar surface area (TPSA) is 60.0 Å². The van der Waals surface area contributed by atoms with E-state index in [1.54, 1.807) is 33.5 Å². The van der Waals surface area contributed by atoms with Gasteiger partial charge in [-0.15, -0.1) is 0 Å². The second-order valence-electron chi connectivity index (χ2n) is 4.29.